The van der Waals surface area contributed by atoms with Crippen molar-refractivity contribution in [1.82, 2.24) is 9.97 Å². The van der Waals surface area contributed by atoms with E-state index < -0.39 is 0 Å². The second-order valence-corrected chi connectivity index (χ2v) is 6.20. The Labute approximate surface area is 143 Å². The topological polar surface area (TPSA) is 37.8 Å². The number of nitrogens with one attached hydrogen (secondary N) is 1. The average Bonchev–Trinajstić information content (AvgIpc) is 2.46. The van der Waals surface area contributed by atoms with Gasteiger partial charge in [-0.15, -0.1) is 0 Å². The maximum Gasteiger partial charge on any atom is 0.163 e. The molecule has 0 radical (unpaired) electrons. The van der Waals surface area contributed by atoms with Gasteiger partial charge in [0.05, 0.1) is 15.2 Å². The van der Waals surface area contributed by atoms with Crippen LogP contribution in [-0.4, -0.2) is 16.5 Å². The molecule has 0 saturated carbocycles. The highest BCUT2D eigenvalue weighted by Crippen LogP contribution is 2.32. The first-order valence-corrected chi connectivity index (χ1v) is 8.37. The average molecular weight is 389 g/mol. The van der Waals surface area contributed by atoms with Crippen LogP contribution < -0.4 is 5.32 Å². The lowest BCUT2D eigenvalue weighted by Gasteiger charge is -2.12. The van der Waals surface area contributed by atoms with Crippen LogP contribution in [0.3, 0.4) is 0 Å². The minimum Gasteiger partial charge on any atom is -0.369 e. The highest BCUT2D eigenvalue weighted by atomic mass is 79.9. The number of aryl methyl sites for hydroxylation is 1. The van der Waals surface area contributed by atoms with E-state index in [9.17, 15) is 0 Å². The zero-order valence-electron chi connectivity index (χ0n) is 11.9. The molecule has 2 rings (SSSR count). The Kier molecular flexibility index (Phi) is 5.85. The van der Waals surface area contributed by atoms with Crippen LogP contribution in [0.15, 0.2) is 22.7 Å². The number of hydrogen-bond donors (Lipinski definition) is 1. The van der Waals surface area contributed by atoms with Crippen LogP contribution >= 0.6 is 39.1 Å². The zero-order chi connectivity index (χ0) is 15.4. The molecule has 0 atom stereocenters. The fraction of sp³-hybridized carbons (Fsp3) is 0.333. The standard InChI is InChI=1S/C15H16BrCl2N3/c1-3-5-12-13(16)15(19-4-2)21-14(20-12)10-8-9(17)6-7-11(10)18/h6-8H,3-5H2,1-2H3,(H,19,20,21). The smallest absolute Gasteiger partial charge is 0.163 e. The largest absolute Gasteiger partial charge is 0.369 e. The van der Waals surface area contributed by atoms with E-state index in [2.05, 4.69) is 38.1 Å². The molecule has 3 nitrogen and oxygen atoms in total. The van der Waals surface area contributed by atoms with Gasteiger partial charge in [-0.25, -0.2) is 9.97 Å². The Hall–Kier alpha value is -0.840. The highest BCUT2D eigenvalue weighted by molar-refractivity contribution is 9.10. The van der Waals surface area contributed by atoms with Crippen molar-refractivity contribution in [3.8, 4) is 11.4 Å². The van der Waals surface area contributed by atoms with E-state index in [0.717, 1.165) is 40.9 Å². The van der Waals surface area contributed by atoms with Crippen LogP contribution in [0.5, 0.6) is 0 Å². The number of benzene rings is 1. The highest BCUT2D eigenvalue weighted by Gasteiger charge is 2.15. The van der Waals surface area contributed by atoms with E-state index in [1.165, 1.54) is 0 Å². The van der Waals surface area contributed by atoms with Crippen molar-refractivity contribution < 1.29 is 0 Å². The minimum absolute atomic E-state index is 0.588. The molecule has 1 aromatic heterocycles. The number of anilines is 1. The molecule has 0 amide bonds. The SMILES string of the molecule is CCCc1nc(-c2cc(Cl)ccc2Cl)nc(NCC)c1Br. The van der Waals surface area contributed by atoms with E-state index in [4.69, 9.17) is 23.2 Å². The van der Waals surface area contributed by atoms with Crippen molar-refractivity contribution in [3.63, 3.8) is 0 Å². The molecule has 0 aliphatic rings. The summed E-state index contributed by atoms with van der Waals surface area (Å²) in [5.41, 5.74) is 1.71. The molecule has 6 heteroatoms. The van der Waals surface area contributed by atoms with Crippen LogP contribution in [0.1, 0.15) is 26.0 Å². The Morgan fingerprint density at radius 1 is 1.19 bits per heavy atom. The quantitative estimate of drug-likeness (QED) is 0.724. The Balaban J connectivity index is 2.59. The fourth-order valence-electron chi connectivity index (χ4n) is 1.97. The van der Waals surface area contributed by atoms with Gasteiger partial charge in [0.2, 0.25) is 0 Å². The summed E-state index contributed by atoms with van der Waals surface area (Å²) in [6.45, 7) is 4.93. The van der Waals surface area contributed by atoms with Crippen molar-refractivity contribution in [2.45, 2.75) is 26.7 Å². The summed E-state index contributed by atoms with van der Waals surface area (Å²) in [5, 5.41) is 4.45. The van der Waals surface area contributed by atoms with Gasteiger partial charge < -0.3 is 5.32 Å². The van der Waals surface area contributed by atoms with E-state index in [-0.39, 0.29) is 0 Å². The Morgan fingerprint density at radius 3 is 2.62 bits per heavy atom. The lowest BCUT2D eigenvalue weighted by molar-refractivity contribution is 0.867. The molecule has 0 bridgehead atoms. The van der Waals surface area contributed by atoms with Crippen LogP contribution in [0.25, 0.3) is 11.4 Å². The first-order valence-electron chi connectivity index (χ1n) is 6.82. The van der Waals surface area contributed by atoms with Gasteiger partial charge in [0.1, 0.15) is 5.82 Å². The predicted molar refractivity (Wildman–Crippen MR) is 93.3 cm³/mol. The van der Waals surface area contributed by atoms with Crippen molar-refractivity contribution in [1.29, 1.82) is 0 Å². The van der Waals surface area contributed by atoms with E-state index in [1.807, 2.05) is 6.92 Å². The summed E-state index contributed by atoms with van der Waals surface area (Å²) in [6, 6.07) is 5.31. The molecule has 0 aliphatic heterocycles. The van der Waals surface area contributed by atoms with Gasteiger partial charge in [0, 0.05) is 17.1 Å². The summed E-state index contributed by atoms with van der Waals surface area (Å²) in [6.07, 6.45) is 1.87. The third-order valence-electron chi connectivity index (χ3n) is 2.92. The number of nitrogens with zero attached hydrogens (tertiary/aromatic N) is 2. The number of rotatable bonds is 5. The molecule has 1 heterocycles. The van der Waals surface area contributed by atoms with Crippen molar-refractivity contribution >= 4 is 44.9 Å². The normalized spacial score (nSPS) is 10.7. The van der Waals surface area contributed by atoms with E-state index in [1.54, 1.807) is 18.2 Å². The van der Waals surface area contributed by atoms with Crippen LogP contribution in [0, 0.1) is 0 Å². The van der Waals surface area contributed by atoms with Gasteiger partial charge >= 0.3 is 0 Å². The lowest BCUT2D eigenvalue weighted by atomic mass is 10.2. The fourth-order valence-corrected chi connectivity index (χ4v) is 2.86. The van der Waals surface area contributed by atoms with Gasteiger partial charge in [-0.1, -0.05) is 36.5 Å². The molecule has 0 aliphatic carbocycles. The molecule has 0 saturated heterocycles. The first-order chi connectivity index (χ1) is 10.1. The Morgan fingerprint density at radius 2 is 1.95 bits per heavy atom. The predicted octanol–water partition coefficient (Wildman–Crippen LogP) is 5.60. The molecule has 0 unspecified atom stereocenters. The van der Waals surface area contributed by atoms with E-state index in [0.29, 0.717) is 15.9 Å². The summed E-state index contributed by atoms with van der Waals surface area (Å²) in [4.78, 5) is 9.20. The van der Waals surface area contributed by atoms with Gasteiger partial charge in [-0.3, -0.25) is 0 Å². The summed E-state index contributed by atoms with van der Waals surface area (Å²) >= 11 is 15.9. The molecule has 1 aromatic carbocycles. The first kappa shape index (κ1) is 16.5. The third-order valence-corrected chi connectivity index (χ3v) is 4.32. The van der Waals surface area contributed by atoms with Crippen molar-refractivity contribution in [3.05, 3.63) is 38.4 Å². The second-order valence-electron chi connectivity index (χ2n) is 4.56. The molecular weight excluding hydrogens is 373 g/mol. The maximum absolute atomic E-state index is 6.26. The molecule has 112 valence electrons. The number of aromatic nitrogens is 2. The van der Waals surface area contributed by atoms with E-state index >= 15 is 0 Å². The summed E-state index contributed by atoms with van der Waals surface area (Å²) in [7, 11) is 0. The molecule has 0 spiro atoms. The molecule has 2 aromatic rings. The number of hydrogen-bond acceptors (Lipinski definition) is 3. The van der Waals surface area contributed by atoms with Crippen molar-refractivity contribution in [2.75, 3.05) is 11.9 Å². The Bertz CT molecular complexity index is 620. The molecule has 21 heavy (non-hydrogen) atoms. The maximum atomic E-state index is 6.26. The van der Waals surface area contributed by atoms with Gasteiger partial charge in [0.25, 0.3) is 0 Å². The van der Waals surface area contributed by atoms with Gasteiger partial charge in [0.15, 0.2) is 5.82 Å². The van der Waals surface area contributed by atoms with Gasteiger partial charge in [-0.2, -0.15) is 0 Å². The van der Waals surface area contributed by atoms with Crippen LogP contribution in [0.2, 0.25) is 10.0 Å². The molecule has 1 N–H and O–H groups in total. The molecular formula is C15H16BrCl2N3. The second kappa shape index (κ2) is 7.43. The zero-order valence-corrected chi connectivity index (χ0v) is 15.0. The lowest BCUT2D eigenvalue weighted by Crippen LogP contribution is -2.06. The van der Waals surface area contributed by atoms with Crippen LogP contribution in [0.4, 0.5) is 5.82 Å². The third kappa shape index (κ3) is 3.87. The number of halogens is 3. The van der Waals surface area contributed by atoms with Crippen molar-refractivity contribution in [2.24, 2.45) is 0 Å². The van der Waals surface area contributed by atoms with Gasteiger partial charge in [-0.05, 0) is 47.5 Å². The molecule has 0 fully saturated rings. The summed E-state index contributed by atoms with van der Waals surface area (Å²) in [5.74, 6) is 1.37. The monoisotopic (exact) mass is 387 g/mol. The van der Waals surface area contributed by atoms with Crippen LogP contribution in [-0.2, 0) is 6.42 Å². The minimum atomic E-state index is 0.588. The summed E-state index contributed by atoms with van der Waals surface area (Å²) < 4.78 is 0.910.